The number of nitrogens with zero attached hydrogens (tertiary/aromatic N) is 2. The summed E-state index contributed by atoms with van der Waals surface area (Å²) in [6, 6.07) is 5.56. The summed E-state index contributed by atoms with van der Waals surface area (Å²) in [6.07, 6.45) is 3.48. The van der Waals surface area contributed by atoms with Crippen molar-refractivity contribution in [1.82, 2.24) is 9.55 Å². The van der Waals surface area contributed by atoms with E-state index in [0.29, 0.717) is 16.4 Å². The fourth-order valence-electron chi connectivity index (χ4n) is 2.45. The van der Waals surface area contributed by atoms with Crippen LogP contribution < -0.4 is 5.32 Å². The van der Waals surface area contributed by atoms with E-state index in [9.17, 15) is 13.6 Å². The summed E-state index contributed by atoms with van der Waals surface area (Å²) >= 11 is 1.33. The van der Waals surface area contributed by atoms with Crippen LogP contribution in [0.4, 0.5) is 13.9 Å². The van der Waals surface area contributed by atoms with E-state index in [2.05, 4.69) is 10.3 Å². The Balaban J connectivity index is 1.91. The van der Waals surface area contributed by atoms with Gasteiger partial charge in [-0.25, -0.2) is 13.8 Å². The summed E-state index contributed by atoms with van der Waals surface area (Å²) in [7, 11) is 0. The number of thiazole rings is 1. The lowest BCUT2D eigenvalue weighted by atomic mass is 10.1. The van der Waals surface area contributed by atoms with Gasteiger partial charge in [0.25, 0.3) is 5.91 Å². The van der Waals surface area contributed by atoms with E-state index in [-0.39, 0.29) is 18.4 Å². The summed E-state index contributed by atoms with van der Waals surface area (Å²) < 4.78 is 28.3. The van der Waals surface area contributed by atoms with Crippen LogP contribution in [0.1, 0.15) is 41.4 Å². The highest BCUT2D eigenvalue weighted by Crippen LogP contribution is 2.21. The average molecular weight is 361 g/mol. The van der Waals surface area contributed by atoms with Crippen molar-refractivity contribution in [3.8, 4) is 0 Å². The molecule has 0 saturated carbocycles. The number of halogens is 2. The second-order valence-corrected chi connectivity index (χ2v) is 6.88. The zero-order valence-electron chi connectivity index (χ0n) is 13.8. The molecule has 2 heterocycles. The Labute approximate surface area is 148 Å². The zero-order valence-corrected chi connectivity index (χ0v) is 14.6. The standard InChI is InChI=1S/C18H17F2N3OS/c1-11(2)13-8-16(17(24)22-18-21-5-6-25-18)23(10-13)9-12-3-4-14(19)15(20)7-12/h3-8,10-11H,9H2,1-2H3,(H,21,22,24). The van der Waals surface area contributed by atoms with Gasteiger partial charge in [0.05, 0.1) is 0 Å². The normalized spacial score (nSPS) is 11.1. The van der Waals surface area contributed by atoms with Crippen LogP contribution in [0.25, 0.3) is 0 Å². The van der Waals surface area contributed by atoms with Crippen molar-refractivity contribution in [2.45, 2.75) is 26.3 Å². The summed E-state index contributed by atoms with van der Waals surface area (Å²) in [4.78, 5) is 16.6. The van der Waals surface area contributed by atoms with Gasteiger partial charge in [0.15, 0.2) is 16.8 Å². The fourth-order valence-corrected chi connectivity index (χ4v) is 2.98. The van der Waals surface area contributed by atoms with E-state index in [0.717, 1.165) is 17.7 Å². The Morgan fingerprint density at radius 3 is 2.72 bits per heavy atom. The van der Waals surface area contributed by atoms with Gasteiger partial charge in [0.1, 0.15) is 5.69 Å². The number of rotatable bonds is 5. The van der Waals surface area contributed by atoms with Gasteiger partial charge >= 0.3 is 0 Å². The van der Waals surface area contributed by atoms with Crippen LogP contribution in [0.3, 0.4) is 0 Å². The molecule has 7 heteroatoms. The van der Waals surface area contributed by atoms with E-state index < -0.39 is 11.6 Å². The quantitative estimate of drug-likeness (QED) is 0.719. The number of hydrogen-bond acceptors (Lipinski definition) is 3. The largest absolute Gasteiger partial charge is 0.339 e. The topological polar surface area (TPSA) is 46.9 Å². The van der Waals surface area contributed by atoms with Crippen LogP contribution in [-0.4, -0.2) is 15.5 Å². The maximum absolute atomic E-state index is 13.5. The lowest BCUT2D eigenvalue weighted by molar-refractivity contribution is 0.101. The van der Waals surface area contributed by atoms with Gasteiger partial charge < -0.3 is 4.57 Å². The first-order chi connectivity index (χ1) is 11.9. The molecule has 0 bridgehead atoms. The van der Waals surface area contributed by atoms with E-state index in [1.165, 1.54) is 17.4 Å². The van der Waals surface area contributed by atoms with Gasteiger partial charge in [-0.15, -0.1) is 11.3 Å². The zero-order chi connectivity index (χ0) is 18.0. The van der Waals surface area contributed by atoms with Gasteiger partial charge in [0.2, 0.25) is 0 Å². The van der Waals surface area contributed by atoms with Gasteiger partial charge in [-0.3, -0.25) is 10.1 Å². The van der Waals surface area contributed by atoms with Crippen LogP contribution in [0.2, 0.25) is 0 Å². The number of benzene rings is 1. The van der Waals surface area contributed by atoms with Crippen LogP contribution in [0.5, 0.6) is 0 Å². The number of carbonyl (C=O) groups is 1. The molecule has 130 valence electrons. The monoisotopic (exact) mass is 361 g/mol. The first-order valence-electron chi connectivity index (χ1n) is 7.79. The lowest BCUT2D eigenvalue weighted by Crippen LogP contribution is -2.17. The van der Waals surface area contributed by atoms with Gasteiger partial charge in [-0.05, 0) is 35.2 Å². The van der Waals surface area contributed by atoms with E-state index in [1.54, 1.807) is 16.1 Å². The molecule has 3 rings (SSSR count). The van der Waals surface area contributed by atoms with Crippen LogP contribution in [-0.2, 0) is 6.54 Å². The lowest BCUT2D eigenvalue weighted by Gasteiger charge is -2.09. The average Bonchev–Trinajstić information content (AvgIpc) is 3.20. The first kappa shape index (κ1) is 17.3. The third kappa shape index (κ3) is 3.93. The minimum atomic E-state index is -0.900. The predicted molar refractivity (Wildman–Crippen MR) is 94.0 cm³/mol. The summed E-state index contributed by atoms with van der Waals surface area (Å²) in [6.45, 7) is 4.32. The van der Waals surface area contributed by atoms with Crippen LogP contribution in [0.15, 0.2) is 42.0 Å². The maximum Gasteiger partial charge on any atom is 0.274 e. The van der Waals surface area contributed by atoms with E-state index in [1.807, 2.05) is 26.1 Å². The molecule has 0 atom stereocenters. The number of anilines is 1. The second kappa shape index (κ2) is 7.14. The molecule has 1 N–H and O–H groups in total. The number of amides is 1. The number of hydrogen-bond donors (Lipinski definition) is 1. The smallest absolute Gasteiger partial charge is 0.274 e. The van der Waals surface area contributed by atoms with Crippen molar-refractivity contribution >= 4 is 22.4 Å². The molecular weight excluding hydrogens is 344 g/mol. The Kier molecular flexibility index (Phi) is 4.94. The molecule has 0 aliphatic rings. The molecular formula is C18H17F2N3OS. The predicted octanol–water partition coefficient (Wildman–Crippen LogP) is 4.65. The Morgan fingerprint density at radius 2 is 2.08 bits per heavy atom. The van der Waals surface area contributed by atoms with Crippen LogP contribution >= 0.6 is 11.3 Å². The number of aromatic nitrogens is 2. The Bertz CT molecular complexity index is 888. The molecule has 25 heavy (non-hydrogen) atoms. The third-order valence-electron chi connectivity index (χ3n) is 3.81. The molecule has 0 fully saturated rings. The molecule has 0 radical (unpaired) electrons. The Morgan fingerprint density at radius 1 is 1.28 bits per heavy atom. The molecule has 0 aliphatic heterocycles. The fraction of sp³-hybridized carbons (Fsp3) is 0.222. The highest BCUT2D eigenvalue weighted by atomic mass is 32.1. The highest BCUT2D eigenvalue weighted by Gasteiger charge is 2.17. The molecule has 0 aliphatic carbocycles. The second-order valence-electron chi connectivity index (χ2n) is 5.98. The maximum atomic E-state index is 13.5. The van der Waals surface area contributed by atoms with E-state index in [4.69, 9.17) is 0 Å². The van der Waals surface area contributed by atoms with Crippen molar-refractivity contribution < 1.29 is 13.6 Å². The molecule has 0 spiro atoms. The van der Waals surface area contributed by atoms with E-state index >= 15 is 0 Å². The van der Waals surface area contributed by atoms with Gasteiger partial charge in [0, 0.05) is 24.3 Å². The molecule has 1 amide bonds. The summed E-state index contributed by atoms with van der Waals surface area (Å²) in [5, 5.41) is 5.03. The number of nitrogens with one attached hydrogen (secondary N) is 1. The van der Waals surface area contributed by atoms with Crippen LogP contribution in [0, 0.1) is 11.6 Å². The SMILES string of the molecule is CC(C)c1cc(C(=O)Nc2nccs2)n(Cc2ccc(F)c(F)c2)c1. The molecule has 1 aromatic carbocycles. The Hall–Kier alpha value is -2.54. The summed E-state index contributed by atoms with van der Waals surface area (Å²) in [5.74, 6) is -1.84. The van der Waals surface area contributed by atoms with Crippen molar-refractivity contribution in [2.75, 3.05) is 5.32 Å². The first-order valence-corrected chi connectivity index (χ1v) is 8.67. The molecule has 0 saturated heterocycles. The highest BCUT2D eigenvalue weighted by molar-refractivity contribution is 7.13. The molecule has 4 nitrogen and oxygen atoms in total. The van der Waals surface area contributed by atoms with Gasteiger partial charge in [-0.1, -0.05) is 19.9 Å². The van der Waals surface area contributed by atoms with Crippen molar-refractivity contribution in [3.63, 3.8) is 0 Å². The minimum Gasteiger partial charge on any atom is -0.339 e. The minimum absolute atomic E-state index is 0.234. The number of carbonyl (C=O) groups excluding carboxylic acids is 1. The van der Waals surface area contributed by atoms with Crippen molar-refractivity contribution in [2.24, 2.45) is 0 Å². The van der Waals surface area contributed by atoms with Crippen molar-refractivity contribution in [3.05, 3.63) is 70.5 Å². The molecule has 3 aromatic rings. The van der Waals surface area contributed by atoms with Gasteiger partial charge in [-0.2, -0.15) is 0 Å². The molecule has 2 aromatic heterocycles. The molecule has 0 unspecified atom stereocenters. The summed E-state index contributed by atoms with van der Waals surface area (Å²) in [5.41, 5.74) is 2.02. The third-order valence-corrected chi connectivity index (χ3v) is 4.50. The van der Waals surface area contributed by atoms with Crippen molar-refractivity contribution in [1.29, 1.82) is 0 Å².